The second-order valence-electron chi connectivity index (χ2n) is 8.78. The predicted molar refractivity (Wildman–Crippen MR) is 131 cm³/mol. The van der Waals surface area contributed by atoms with Crippen LogP contribution in [0, 0.1) is 0 Å². The summed E-state index contributed by atoms with van der Waals surface area (Å²) in [5, 5.41) is 7.23. The van der Waals surface area contributed by atoms with E-state index in [1.807, 2.05) is 0 Å². The molecule has 11 heteroatoms. The van der Waals surface area contributed by atoms with Crippen LogP contribution in [0.4, 0.5) is 4.79 Å². The second kappa shape index (κ2) is 9.76. The van der Waals surface area contributed by atoms with Crippen LogP contribution >= 0.6 is 0 Å². The Bertz CT molecular complexity index is 1400. The maximum Gasteiger partial charge on any atom is 0.357 e. The molecule has 2 aromatic carbocycles. The lowest BCUT2D eigenvalue weighted by Gasteiger charge is -2.18. The molecule has 0 saturated carbocycles. The van der Waals surface area contributed by atoms with Gasteiger partial charge in [0.05, 0.1) is 33.6 Å². The minimum absolute atomic E-state index is 0.0814. The van der Waals surface area contributed by atoms with Gasteiger partial charge in [-0.2, -0.15) is 5.10 Å². The Hall–Kier alpha value is -4.67. The van der Waals surface area contributed by atoms with Gasteiger partial charge in [0.1, 0.15) is 22.5 Å². The number of hydrogen-bond acceptors (Lipinski definition) is 8. The number of benzene rings is 2. The van der Waals surface area contributed by atoms with Crippen LogP contribution in [0.3, 0.4) is 0 Å². The van der Waals surface area contributed by atoms with E-state index in [1.165, 1.54) is 26.0 Å². The zero-order valence-corrected chi connectivity index (χ0v) is 21.0. The molecule has 0 aliphatic carbocycles. The Morgan fingerprint density at radius 1 is 0.973 bits per heavy atom. The number of ether oxygens (including phenoxy) is 3. The molecule has 192 valence electrons. The van der Waals surface area contributed by atoms with Crippen molar-refractivity contribution in [2.45, 2.75) is 25.9 Å². The van der Waals surface area contributed by atoms with E-state index in [4.69, 9.17) is 14.2 Å². The highest BCUT2D eigenvalue weighted by atomic mass is 16.5. The molecule has 37 heavy (non-hydrogen) atoms. The Kier molecular flexibility index (Phi) is 6.71. The Morgan fingerprint density at radius 3 is 2.22 bits per heavy atom. The molecular weight excluding hydrogens is 480 g/mol. The van der Waals surface area contributed by atoms with Crippen molar-refractivity contribution in [2.75, 3.05) is 21.3 Å². The highest BCUT2D eigenvalue weighted by molar-refractivity contribution is 6.07. The number of urea groups is 1. The number of aromatic nitrogens is 2. The standard InChI is InChI=1S/C26H26N4O7/c1-26(2)24(33)29(25(34)27-26)14-16-13-15(11-12-18(16)35-3)20-19(22(31)36-4)21(23(32)37-5)30(28-20)17-9-7-6-8-10-17/h6-13H,14H2,1-5H3,(H,27,34). The van der Waals surface area contributed by atoms with Crippen LogP contribution in [0.1, 0.15) is 40.3 Å². The number of methoxy groups -OCH3 is 3. The van der Waals surface area contributed by atoms with Gasteiger partial charge in [-0.25, -0.2) is 19.1 Å². The summed E-state index contributed by atoms with van der Waals surface area (Å²) in [4.78, 5) is 52.1. The van der Waals surface area contributed by atoms with Crippen molar-refractivity contribution in [2.24, 2.45) is 0 Å². The van der Waals surface area contributed by atoms with Crippen LogP contribution in [-0.4, -0.2) is 65.4 Å². The highest BCUT2D eigenvalue weighted by Crippen LogP contribution is 2.33. The van der Waals surface area contributed by atoms with Crippen LogP contribution in [0.5, 0.6) is 5.75 Å². The van der Waals surface area contributed by atoms with E-state index in [9.17, 15) is 19.2 Å². The first-order chi connectivity index (χ1) is 17.6. The van der Waals surface area contributed by atoms with Crippen LogP contribution < -0.4 is 10.1 Å². The number of carbonyl (C=O) groups excluding carboxylic acids is 4. The summed E-state index contributed by atoms with van der Waals surface area (Å²) in [7, 11) is 3.87. The summed E-state index contributed by atoms with van der Waals surface area (Å²) >= 11 is 0. The monoisotopic (exact) mass is 506 g/mol. The molecule has 0 atom stereocenters. The van der Waals surface area contributed by atoms with Gasteiger partial charge in [-0.1, -0.05) is 18.2 Å². The lowest BCUT2D eigenvalue weighted by atomic mass is 10.0. The summed E-state index contributed by atoms with van der Waals surface area (Å²) in [6, 6.07) is 13.2. The van der Waals surface area contributed by atoms with Crippen molar-refractivity contribution in [3.05, 3.63) is 65.4 Å². The van der Waals surface area contributed by atoms with Crippen molar-refractivity contribution in [1.82, 2.24) is 20.0 Å². The molecule has 3 aromatic rings. The molecule has 4 rings (SSSR count). The minimum atomic E-state index is -1.04. The molecule has 1 aromatic heterocycles. The number of rotatable bonds is 7. The first kappa shape index (κ1) is 25.4. The van der Waals surface area contributed by atoms with Crippen molar-refractivity contribution in [3.63, 3.8) is 0 Å². The van der Waals surface area contributed by atoms with Gasteiger partial charge in [-0.3, -0.25) is 9.69 Å². The normalized spacial score (nSPS) is 14.4. The van der Waals surface area contributed by atoms with Crippen LogP contribution in [0.2, 0.25) is 0 Å². The van der Waals surface area contributed by atoms with Gasteiger partial charge in [-0.05, 0) is 44.2 Å². The molecule has 1 fully saturated rings. The summed E-state index contributed by atoms with van der Waals surface area (Å²) < 4.78 is 16.7. The van der Waals surface area contributed by atoms with Gasteiger partial charge in [0, 0.05) is 11.1 Å². The number of amides is 3. The molecular formula is C26H26N4O7. The Balaban J connectivity index is 1.90. The molecule has 1 aliphatic rings. The molecule has 0 bridgehead atoms. The second-order valence-corrected chi connectivity index (χ2v) is 8.78. The van der Waals surface area contributed by atoms with Gasteiger partial charge >= 0.3 is 18.0 Å². The topological polar surface area (TPSA) is 129 Å². The first-order valence-electron chi connectivity index (χ1n) is 11.3. The fourth-order valence-corrected chi connectivity index (χ4v) is 4.14. The van der Waals surface area contributed by atoms with Crippen molar-refractivity contribution < 1.29 is 33.4 Å². The van der Waals surface area contributed by atoms with Crippen molar-refractivity contribution >= 4 is 23.9 Å². The van der Waals surface area contributed by atoms with E-state index in [-0.39, 0.29) is 29.4 Å². The zero-order chi connectivity index (χ0) is 26.9. The SMILES string of the molecule is COC(=O)c1c(-c2ccc(OC)c(CN3C(=O)NC(C)(C)C3=O)c2)nn(-c2ccccc2)c1C(=O)OC. The number of esters is 2. The number of carbonyl (C=O) groups is 4. The smallest absolute Gasteiger partial charge is 0.357 e. The third-order valence-electron chi connectivity index (χ3n) is 5.98. The zero-order valence-electron chi connectivity index (χ0n) is 21.0. The van der Waals surface area contributed by atoms with Gasteiger partial charge in [0.15, 0.2) is 5.69 Å². The van der Waals surface area contributed by atoms with Crippen molar-refractivity contribution in [3.8, 4) is 22.7 Å². The predicted octanol–water partition coefficient (Wildman–Crippen LogP) is 2.95. The number of para-hydroxylation sites is 1. The lowest BCUT2D eigenvalue weighted by molar-refractivity contribution is -0.130. The quantitative estimate of drug-likeness (QED) is 0.383. The molecule has 0 spiro atoms. The van der Waals surface area contributed by atoms with Gasteiger partial charge in [0.2, 0.25) is 0 Å². The van der Waals surface area contributed by atoms with E-state index in [0.717, 1.165) is 4.90 Å². The summed E-state index contributed by atoms with van der Waals surface area (Å²) in [6.07, 6.45) is 0. The molecule has 2 heterocycles. The Labute approximate surface area is 212 Å². The molecule has 0 radical (unpaired) electrons. The van der Waals surface area contributed by atoms with E-state index in [1.54, 1.807) is 62.4 Å². The lowest BCUT2D eigenvalue weighted by Crippen LogP contribution is -2.40. The average Bonchev–Trinajstić information content (AvgIpc) is 3.39. The van der Waals surface area contributed by atoms with Crippen molar-refractivity contribution in [1.29, 1.82) is 0 Å². The molecule has 3 amide bonds. The minimum Gasteiger partial charge on any atom is -0.496 e. The van der Waals surface area contributed by atoms with Gasteiger partial charge in [0.25, 0.3) is 5.91 Å². The maximum absolute atomic E-state index is 12.9. The Morgan fingerprint density at radius 2 is 1.65 bits per heavy atom. The van der Waals surface area contributed by atoms with Crippen LogP contribution in [-0.2, 0) is 20.8 Å². The summed E-state index contributed by atoms with van der Waals surface area (Å²) in [5.74, 6) is -1.53. The molecule has 11 nitrogen and oxygen atoms in total. The third kappa shape index (κ3) is 4.51. The molecule has 1 aliphatic heterocycles. The largest absolute Gasteiger partial charge is 0.496 e. The van der Waals surface area contributed by atoms with E-state index in [2.05, 4.69) is 10.4 Å². The number of imide groups is 1. The molecule has 1 N–H and O–H groups in total. The first-order valence-corrected chi connectivity index (χ1v) is 11.3. The number of hydrogen-bond donors (Lipinski definition) is 1. The summed E-state index contributed by atoms with van der Waals surface area (Å²) in [5.41, 5.74) is 0.360. The number of nitrogens with zero attached hydrogens (tertiary/aromatic N) is 3. The number of nitrogens with one attached hydrogen (secondary N) is 1. The molecule has 0 unspecified atom stereocenters. The van der Waals surface area contributed by atoms with Crippen LogP contribution in [0.25, 0.3) is 16.9 Å². The average molecular weight is 507 g/mol. The van der Waals surface area contributed by atoms with Crippen LogP contribution in [0.15, 0.2) is 48.5 Å². The maximum atomic E-state index is 12.9. The van der Waals surface area contributed by atoms with Gasteiger partial charge < -0.3 is 19.5 Å². The summed E-state index contributed by atoms with van der Waals surface area (Å²) in [6.45, 7) is 3.16. The van der Waals surface area contributed by atoms with E-state index >= 15 is 0 Å². The fourth-order valence-electron chi connectivity index (χ4n) is 4.14. The van der Waals surface area contributed by atoms with E-state index in [0.29, 0.717) is 22.6 Å². The van der Waals surface area contributed by atoms with E-state index < -0.39 is 23.5 Å². The fraction of sp³-hybridized carbons (Fsp3) is 0.269. The van der Waals surface area contributed by atoms with Gasteiger partial charge in [-0.15, -0.1) is 0 Å². The highest BCUT2D eigenvalue weighted by Gasteiger charge is 2.44. The third-order valence-corrected chi connectivity index (χ3v) is 5.98. The molecule has 1 saturated heterocycles.